The van der Waals surface area contributed by atoms with E-state index in [-0.39, 0.29) is 5.91 Å². The van der Waals surface area contributed by atoms with Gasteiger partial charge in [-0.05, 0) is 70.1 Å². The van der Waals surface area contributed by atoms with E-state index in [9.17, 15) is 4.79 Å². The van der Waals surface area contributed by atoms with Crippen molar-refractivity contribution in [2.45, 2.75) is 32.2 Å². The zero-order valence-electron chi connectivity index (χ0n) is 15.0. The van der Waals surface area contributed by atoms with Crippen molar-refractivity contribution >= 4 is 5.91 Å². The van der Waals surface area contributed by atoms with Crippen molar-refractivity contribution < 1.29 is 9.53 Å². The smallest absolute Gasteiger partial charge is 0.220 e. The van der Waals surface area contributed by atoms with E-state index in [2.05, 4.69) is 15.5 Å². The number of benzene rings is 1. The van der Waals surface area contributed by atoms with Gasteiger partial charge in [-0.2, -0.15) is 0 Å². The second-order valence-corrected chi connectivity index (χ2v) is 6.80. The molecule has 1 amide bonds. The first kappa shape index (κ1) is 18.7. The summed E-state index contributed by atoms with van der Waals surface area (Å²) in [7, 11) is 4.06. The van der Waals surface area contributed by atoms with Crippen molar-refractivity contribution in [1.29, 1.82) is 0 Å². The molecule has 24 heavy (non-hydrogen) atoms. The van der Waals surface area contributed by atoms with Crippen LogP contribution < -0.4 is 15.4 Å². The molecule has 0 aliphatic carbocycles. The van der Waals surface area contributed by atoms with Gasteiger partial charge < -0.3 is 20.3 Å². The molecule has 2 rings (SSSR count). The largest absolute Gasteiger partial charge is 0.492 e. The number of piperidine rings is 1. The van der Waals surface area contributed by atoms with Crippen LogP contribution in [-0.2, 0) is 11.3 Å². The Morgan fingerprint density at radius 2 is 1.96 bits per heavy atom. The molecule has 5 nitrogen and oxygen atoms in total. The summed E-state index contributed by atoms with van der Waals surface area (Å²) in [6, 6.07) is 7.95. The topological polar surface area (TPSA) is 53.6 Å². The first-order chi connectivity index (χ1) is 11.6. The molecule has 1 aliphatic heterocycles. The Morgan fingerprint density at radius 1 is 1.25 bits per heavy atom. The maximum Gasteiger partial charge on any atom is 0.220 e. The highest BCUT2D eigenvalue weighted by atomic mass is 16.5. The molecule has 1 saturated heterocycles. The first-order valence-corrected chi connectivity index (χ1v) is 8.97. The van der Waals surface area contributed by atoms with Crippen LogP contribution in [0.3, 0.4) is 0 Å². The Balaban J connectivity index is 1.63. The number of likely N-dealkylation sites (N-methyl/N-ethyl adjacent to an activating group) is 1. The number of rotatable bonds is 9. The third-order valence-corrected chi connectivity index (χ3v) is 4.46. The van der Waals surface area contributed by atoms with E-state index in [0.717, 1.165) is 37.4 Å². The third kappa shape index (κ3) is 7.32. The van der Waals surface area contributed by atoms with E-state index in [4.69, 9.17) is 4.74 Å². The molecule has 0 saturated carbocycles. The summed E-state index contributed by atoms with van der Waals surface area (Å²) >= 11 is 0. The van der Waals surface area contributed by atoms with Crippen LogP contribution in [0, 0.1) is 5.92 Å². The van der Waals surface area contributed by atoms with Crippen LogP contribution in [0.4, 0.5) is 0 Å². The Bertz CT molecular complexity index is 482. The minimum Gasteiger partial charge on any atom is -0.492 e. The summed E-state index contributed by atoms with van der Waals surface area (Å²) < 4.78 is 5.67. The predicted molar refractivity (Wildman–Crippen MR) is 97.2 cm³/mol. The standard InChI is InChI=1S/C19H31N3O2/c1-22(2)13-14-24-18-6-3-17(4-7-18)15-21-19(23)8-5-16-9-11-20-12-10-16/h3-4,6-7,16,20H,5,8-15H2,1-2H3,(H,21,23). The summed E-state index contributed by atoms with van der Waals surface area (Å²) in [6.45, 7) is 4.35. The van der Waals surface area contributed by atoms with Gasteiger partial charge in [0, 0.05) is 19.5 Å². The fourth-order valence-corrected chi connectivity index (χ4v) is 2.84. The van der Waals surface area contributed by atoms with Gasteiger partial charge in [-0.15, -0.1) is 0 Å². The lowest BCUT2D eigenvalue weighted by atomic mass is 9.93. The SMILES string of the molecule is CN(C)CCOc1ccc(CNC(=O)CCC2CCNCC2)cc1. The van der Waals surface area contributed by atoms with Crippen LogP contribution >= 0.6 is 0 Å². The molecule has 1 aromatic carbocycles. The van der Waals surface area contributed by atoms with Gasteiger partial charge in [0.1, 0.15) is 12.4 Å². The molecular formula is C19H31N3O2. The Hall–Kier alpha value is -1.59. The number of carbonyl (C=O) groups is 1. The fraction of sp³-hybridized carbons (Fsp3) is 0.632. The number of amides is 1. The summed E-state index contributed by atoms with van der Waals surface area (Å²) in [5, 5.41) is 6.37. The fourth-order valence-electron chi connectivity index (χ4n) is 2.84. The maximum absolute atomic E-state index is 12.0. The summed E-state index contributed by atoms with van der Waals surface area (Å²) in [4.78, 5) is 14.1. The van der Waals surface area contributed by atoms with Crippen LogP contribution in [0.1, 0.15) is 31.2 Å². The van der Waals surface area contributed by atoms with Gasteiger partial charge in [-0.25, -0.2) is 0 Å². The molecule has 0 atom stereocenters. The second-order valence-electron chi connectivity index (χ2n) is 6.80. The Morgan fingerprint density at radius 3 is 2.62 bits per heavy atom. The summed E-state index contributed by atoms with van der Waals surface area (Å²) in [5.41, 5.74) is 1.10. The highest BCUT2D eigenvalue weighted by molar-refractivity contribution is 5.75. The van der Waals surface area contributed by atoms with Crippen LogP contribution in [0.15, 0.2) is 24.3 Å². The van der Waals surface area contributed by atoms with Crippen LogP contribution in [0.5, 0.6) is 5.75 Å². The molecule has 0 radical (unpaired) electrons. The van der Waals surface area contributed by atoms with Crippen molar-refractivity contribution in [3.05, 3.63) is 29.8 Å². The maximum atomic E-state index is 12.0. The van der Waals surface area contributed by atoms with Crippen LogP contribution in [0.25, 0.3) is 0 Å². The van der Waals surface area contributed by atoms with Gasteiger partial charge in [-0.1, -0.05) is 12.1 Å². The molecule has 1 aromatic rings. The molecule has 2 N–H and O–H groups in total. The monoisotopic (exact) mass is 333 g/mol. The highest BCUT2D eigenvalue weighted by Crippen LogP contribution is 2.17. The van der Waals surface area contributed by atoms with Crippen molar-refractivity contribution in [2.24, 2.45) is 5.92 Å². The van der Waals surface area contributed by atoms with Crippen molar-refractivity contribution in [3.8, 4) is 5.75 Å². The average Bonchev–Trinajstić information content (AvgIpc) is 2.60. The first-order valence-electron chi connectivity index (χ1n) is 8.97. The molecule has 0 bridgehead atoms. The molecule has 1 fully saturated rings. The summed E-state index contributed by atoms with van der Waals surface area (Å²) in [5.74, 6) is 1.73. The second kappa shape index (κ2) is 10.3. The molecule has 0 unspecified atom stereocenters. The zero-order valence-corrected chi connectivity index (χ0v) is 15.0. The number of nitrogens with one attached hydrogen (secondary N) is 2. The molecule has 134 valence electrons. The normalized spacial score (nSPS) is 15.5. The lowest BCUT2D eigenvalue weighted by Gasteiger charge is -2.22. The number of hydrogen-bond donors (Lipinski definition) is 2. The third-order valence-electron chi connectivity index (χ3n) is 4.46. The number of carbonyl (C=O) groups excluding carboxylic acids is 1. The summed E-state index contributed by atoms with van der Waals surface area (Å²) in [6.07, 6.45) is 4.04. The van der Waals surface area contributed by atoms with E-state index in [1.54, 1.807) is 0 Å². The number of ether oxygens (including phenoxy) is 1. The Kier molecular flexibility index (Phi) is 8.05. The molecular weight excluding hydrogens is 302 g/mol. The molecule has 0 spiro atoms. The van der Waals surface area contributed by atoms with E-state index in [1.807, 2.05) is 38.4 Å². The molecule has 1 aliphatic rings. The average molecular weight is 333 g/mol. The minimum atomic E-state index is 0.153. The van der Waals surface area contributed by atoms with Gasteiger partial charge in [0.25, 0.3) is 0 Å². The van der Waals surface area contributed by atoms with Crippen molar-refractivity contribution in [3.63, 3.8) is 0 Å². The Labute approximate surface area is 145 Å². The van der Waals surface area contributed by atoms with Crippen LogP contribution in [-0.4, -0.2) is 51.1 Å². The predicted octanol–water partition coefficient (Wildman–Crippen LogP) is 2.02. The van der Waals surface area contributed by atoms with E-state index in [1.165, 1.54) is 12.8 Å². The molecule has 5 heteroatoms. The van der Waals surface area contributed by atoms with Gasteiger partial charge in [0.05, 0.1) is 0 Å². The van der Waals surface area contributed by atoms with E-state index in [0.29, 0.717) is 25.5 Å². The van der Waals surface area contributed by atoms with E-state index >= 15 is 0 Å². The van der Waals surface area contributed by atoms with Gasteiger partial charge in [0.15, 0.2) is 0 Å². The van der Waals surface area contributed by atoms with Crippen LogP contribution in [0.2, 0.25) is 0 Å². The molecule has 1 heterocycles. The quantitative estimate of drug-likeness (QED) is 0.726. The van der Waals surface area contributed by atoms with E-state index < -0.39 is 0 Å². The van der Waals surface area contributed by atoms with Crippen molar-refractivity contribution in [2.75, 3.05) is 40.3 Å². The molecule has 0 aromatic heterocycles. The lowest BCUT2D eigenvalue weighted by molar-refractivity contribution is -0.121. The minimum absolute atomic E-state index is 0.153. The van der Waals surface area contributed by atoms with Gasteiger partial charge in [0.2, 0.25) is 5.91 Å². The lowest BCUT2D eigenvalue weighted by Crippen LogP contribution is -2.29. The van der Waals surface area contributed by atoms with Gasteiger partial charge in [-0.3, -0.25) is 4.79 Å². The van der Waals surface area contributed by atoms with Crippen molar-refractivity contribution in [1.82, 2.24) is 15.5 Å². The number of hydrogen-bond acceptors (Lipinski definition) is 4. The highest BCUT2D eigenvalue weighted by Gasteiger charge is 2.14. The van der Waals surface area contributed by atoms with Gasteiger partial charge >= 0.3 is 0 Å². The zero-order chi connectivity index (χ0) is 17.2. The number of nitrogens with zero attached hydrogens (tertiary/aromatic N) is 1.